The Labute approximate surface area is 114 Å². The molecular formula is C12H11Cl2FN2O. The van der Waals surface area contributed by atoms with E-state index in [4.69, 9.17) is 27.7 Å². The van der Waals surface area contributed by atoms with E-state index in [1.165, 1.54) is 12.1 Å². The maximum Gasteiger partial charge on any atom is 0.258 e. The molecule has 1 atom stereocenters. The van der Waals surface area contributed by atoms with E-state index in [-0.39, 0.29) is 16.3 Å². The first-order chi connectivity index (χ1) is 8.61. The summed E-state index contributed by atoms with van der Waals surface area (Å²) in [4.78, 5) is 4.15. The van der Waals surface area contributed by atoms with Crippen LogP contribution in [0.2, 0.25) is 5.02 Å². The number of rotatable bonds is 4. The number of alkyl halides is 1. The van der Waals surface area contributed by atoms with E-state index < -0.39 is 5.82 Å². The smallest absolute Gasteiger partial charge is 0.258 e. The van der Waals surface area contributed by atoms with Gasteiger partial charge in [0, 0.05) is 5.56 Å². The maximum absolute atomic E-state index is 13.3. The standard InChI is InChI=1S/C12H11Cl2FN2O/c1-2-3-9(14)11-16-12(18-17-11)7-4-5-8(13)10(15)6-7/h4-6,9H,2-3H2,1H3. The highest BCUT2D eigenvalue weighted by Gasteiger charge is 2.16. The Hall–Kier alpha value is -1.13. The fourth-order valence-corrected chi connectivity index (χ4v) is 1.92. The summed E-state index contributed by atoms with van der Waals surface area (Å²) >= 11 is 11.7. The maximum atomic E-state index is 13.3. The predicted molar refractivity (Wildman–Crippen MR) is 68.2 cm³/mol. The van der Waals surface area contributed by atoms with Crippen molar-refractivity contribution in [3.05, 3.63) is 34.9 Å². The summed E-state index contributed by atoms with van der Waals surface area (Å²) < 4.78 is 18.4. The van der Waals surface area contributed by atoms with Crippen LogP contribution in [0.3, 0.4) is 0 Å². The molecule has 1 aromatic heterocycles. The fraction of sp³-hybridized carbons (Fsp3) is 0.333. The van der Waals surface area contributed by atoms with Crippen molar-refractivity contribution in [3.63, 3.8) is 0 Å². The van der Waals surface area contributed by atoms with Gasteiger partial charge in [0.05, 0.1) is 10.4 Å². The van der Waals surface area contributed by atoms with Crippen LogP contribution in [0.15, 0.2) is 22.7 Å². The molecule has 0 saturated heterocycles. The Bertz CT molecular complexity index is 545. The minimum absolute atomic E-state index is 0.0553. The van der Waals surface area contributed by atoms with Crippen molar-refractivity contribution in [2.45, 2.75) is 25.1 Å². The van der Waals surface area contributed by atoms with Crippen LogP contribution in [0.25, 0.3) is 11.5 Å². The first kappa shape index (κ1) is 13.3. The van der Waals surface area contributed by atoms with E-state index >= 15 is 0 Å². The van der Waals surface area contributed by atoms with Crippen LogP contribution in [-0.4, -0.2) is 10.1 Å². The molecular weight excluding hydrogens is 278 g/mol. The van der Waals surface area contributed by atoms with Crippen molar-refractivity contribution in [1.29, 1.82) is 0 Å². The third-order valence-electron chi connectivity index (χ3n) is 2.43. The minimum atomic E-state index is -0.523. The molecule has 18 heavy (non-hydrogen) atoms. The number of hydrogen-bond acceptors (Lipinski definition) is 3. The van der Waals surface area contributed by atoms with Crippen molar-refractivity contribution in [2.24, 2.45) is 0 Å². The zero-order chi connectivity index (χ0) is 13.1. The number of hydrogen-bond donors (Lipinski definition) is 0. The predicted octanol–water partition coefficient (Wildman–Crippen LogP) is 4.61. The third-order valence-corrected chi connectivity index (χ3v) is 3.15. The van der Waals surface area contributed by atoms with Gasteiger partial charge >= 0.3 is 0 Å². The van der Waals surface area contributed by atoms with Gasteiger partial charge in [0.1, 0.15) is 5.82 Å². The highest BCUT2D eigenvalue weighted by molar-refractivity contribution is 6.30. The summed E-state index contributed by atoms with van der Waals surface area (Å²) in [5.41, 5.74) is 0.482. The van der Waals surface area contributed by atoms with Gasteiger partial charge in [0.15, 0.2) is 5.82 Å². The number of benzene rings is 1. The largest absolute Gasteiger partial charge is 0.334 e. The lowest BCUT2D eigenvalue weighted by atomic mass is 10.2. The van der Waals surface area contributed by atoms with Crippen LogP contribution in [0.5, 0.6) is 0 Å². The second-order valence-electron chi connectivity index (χ2n) is 3.84. The van der Waals surface area contributed by atoms with Crippen LogP contribution in [0.4, 0.5) is 4.39 Å². The van der Waals surface area contributed by atoms with Gasteiger partial charge < -0.3 is 4.52 Å². The molecule has 1 heterocycles. The second-order valence-corrected chi connectivity index (χ2v) is 4.78. The lowest BCUT2D eigenvalue weighted by Crippen LogP contribution is -1.92. The molecule has 0 fully saturated rings. The normalized spacial score (nSPS) is 12.7. The summed E-state index contributed by atoms with van der Waals surface area (Å²) in [7, 11) is 0. The average molecular weight is 289 g/mol. The summed E-state index contributed by atoms with van der Waals surface area (Å²) in [6.07, 6.45) is 1.68. The van der Waals surface area contributed by atoms with E-state index in [9.17, 15) is 4.39 Å². The fourth-order valence-electron chi connectivity index (χ4n) is 1.49. The molecule has 0 amide bonds. The first-order valence-corrected chi connectivity index (χ1v) is 6.36. The summed E-state index contributed by atoms with van der Waals surface area (Å²) in [5, 5.41) is 3.56. The van der Waals surface area contributed by atoms with Gasteiger partial charge in [-0.3, -0.25) is 0 Å². The average Bonchev–Trinajstić information content (AvgIpc) is 2.82. The number of halogens is 3. The van der Waals surface area contributed by atoms with Crippen molar-refractivity contribution < 1.29 is 8.91 Å². The molecule has 3 nitrogen and oxygen atoms in total. The second kappa shape index (κ2) is 5.67. The van der Waals surface area contributed by atoms with E-state index in [2.05, 4.69) is 10.1 Å². The molecule has 0 N–H and O–H groups in total. The Balaban J connectivity index is 2.26. The Morgan fingerprint density at radius 2 is 2.22 bits per heavy atom. The summed E-state index contributed by atoms with van der Waals surface area (Å²) in [6.45, 7) is 2.02. The third kappa shape index (κ3) is 2.82. The van der Waals surface area contributed by atoms with Crippen LogP contribution < -0.4 is 0 Å². The summed E-state index contributed by atoms with van der Waals surface area (Å²) in [5.74, 6) is 0.135. The molecule has 0 saturated carbocycles. The monoisotopic (exact) mass is 288 g/mol. The summed E-state index contributed by atoms with van der Waals surface area (Å²) in [6, 6.07) is 4.31. The van der Waals surface area contributed by atoms with Crippen molar-refractivity contribution in [1.82, 2.24) is 10.1 Å². The van der Waals surface area contributed by atoms with E-state index in [0.717, 1.165) is 12.8 Å². The van der Waals surface area contributed by atoms with Crippen molar-refractivity contribution in [3.8, 4) is 11.5 Å². The van der Waals surface area contributed by atoms with E-state index in [1.807, 2.05) is 6.92 Å². The quantitative estimate of drug-likeness (QED) is 0.771. The molecule has 2 aromatic rings. The minimum Gasteiger partial charge on any atom is -0.334 e. The highest BCUT2D eigenvalue weighted by atomic mass is 35.5. The van der Waals surface area contributed by atoms with Gasteiger partial charge in [0.25, 0.3) is 5.89 Å². The van der Waals surface area contributed by atoms with Gasteiger partial charge in [-0.05, 0) is 24.6 Å². The molecule has 0 bridgehead atoms. The topological polar surface area (TPSA) is 38.9 Å². The lowest BCUT2D eigenvalue weighted by molar-refractivity contribution is 0.420. The van der Waals surface area contributed by atoms with Crippen molar-refractivity contribution in [2.75, 3.05) is 0 Å². The van der Waals surface area contributed by atoms with Gasteiger partial charge in [-0.1, -0.05) is 30.1 Å². The van der Waals surface area contributed by atoms with Crippen LogP contribution in [0, 0.1) is 5.82 Å². The van der Waals surface area contributed by atoms with E-state index in [0.29, 0.717) is 11.4 Å². The number of aromatic nitrogens is 2. The zero-order valence-corrected chi connectivity index (χ0v) is 11.2. The van der Waals surface area contributed by atoms with Crippen molar-refractivity contribution >= 4 is 23.2 Å². The van der Waals surface area contributed by atoms with Gasteiger partial charge in [0.2, 0.25) is 0 Å². The van der Waals surface area contributed by atoms with Gasteiger partial charge in [-0.2, -0.15) is 4.98 Å². The van der Waals surface area contributed by atoms with Crippen LogP contribution >= 0.6 is 23.2 Å². The Morgan fingerprint density at radius 3 is 2.89 bits per heavy atom. The number of nitrogens with zero attached hydrogens (tertiary/aromatic N) is 2. The first-order valence-electron chi connectivity index (χ1n) is 5.55. The van der Waals surface area contributed by atoms with Crippen LogP contribution in [0.1, 0.15) is 31.0 Å². The molecule has 1 unspecified atom stereocenters. The Kier molecular flexibility index (Phi) is 4.19. The molecule has 0 spiro atoms. The molecule has 6 heteroatoms. The SMILES string of the molecule is CCCC(Cl)c1noc(-c2ccc(Cl)c(F)c2)n1. The molecule has 2 rings (SSSR count). The highest BCUT2D eigenvalue weighted by Crippen LogP contribution is 2.27. The van der Waals surface area contributed by atoms with Crippen LogP contribution in [-0.2, 0) is 0 Å². The zero-order valence-electron chi connectivity index (χ0n) is 9.66. The Morgan fingerprint density at radius 1 is 1.44 bits per heavy atom. The lowest BCUT2D eigenvalue weighted by Gasteiger charge is -1.99. The molecule has 1 aromatic carbocycles. The molecule has 0 aliphatic heterocycles. The van der Waals surface area contributed by atoms with Gasteiger partial charge in [-0.15, -0.1) is 11.6 Å². The molecule has 96 valence electrons. The molecule has 0 radical (unpaired) electrons. The van der Waals surface area contributed by atoms with E-state index in [1.54, 1.807) is 6.07 Å². The molecule has 0 aliphatic carbocycles. The van der Waals surface area contributed by atoms with Gasteiger partial charge in [-0.25, -0.2) is 4.39 Å². The molecule has 0 aliphatic rings.